The molecule has 0 heterocycles. The Morgan fingerprint density at radius 3 is 2.30 bits per heavy atom. The van der Waals surface area contributed by atoms with E-state index < -0.39 is 0 Å². The molecular formula is C9H16O. The number of allylic oxidation sites excluding steroid dienone is 1. The lowest BCUT2D eigenvalue weighted by atomic mass is 9.63. The second kappa shape index (κ2) is 2.75. The van der Waals surface area contributed by atoms with Crippen LogP contribution in [0.3, 0.4) is 0 Å². The maximum Gasteiger partial charge on any atom is 0.0439 e. The van der Waals surface area contributed by atoms with E-state index in [1.165, 1.54) is 24.8 Å². The summed E-state index contributed by atoms with van der Waals surface area (Å²) in [6.45, 7) is 6.35. The number of hydrogen-bond donors (Lipinski definition) is 1. The van der Waals surface area contributed by atoms with Gasteiger partial charge in [0.15, 0.2) is 0 Å². The van der Waals surface area contributed by atoms with Crippen LogP contribution in [0, 0.1) is 5.41 Å². The van der Waals surface area contributed by atoms with Crippen molar-refractivity contribution in [2.45, 2.75) is 32.6 Å². The van der Waals surface area contributed by atoms with Crippen LogP contribution in [0.15, 0.2) is 12.2 Å². The zero-order valence-corrected chi connectivity index (χ0v) is 6.69. The van der Waals surface area contributed by atoms with Crippen molar-refractivity contribution in [3.8, 4) is 0 Å². The van der Waals surface area contributed by atoms with Crippen molar-refractivity contribution in [1.29, 1.82) is 0 Å². The van der Waals surface area contributed by atoms with Crippen molar-refractivity contribution < 1.29 is 5.11 Å². The maximum absolute atomic E-state index is 8.77. The molecule has 1 nitrogen and oxygen atoms in total. The second-order valence-corrected chi connectivity index (χ2v) is 3.39. The maximum atomic E-state index is 8.77. The van der Waals surface area contributed by atoms with Gasteiger partial charge in [-0.1, -0.05) is 18.6 Å². The van der Waals surface area contributed by atoms with E-state index >= 15 is 0 Å². The van der Waals surface area contributed by atoms with Crippen molar-refractivity contribution in [3.63, 3.8) is 0 Å². The topological polar surface area (TPSA) is 20.2 Å². The van der Waals surface area contributed by atoms with Gasteiger partial charge in [-0.25, -0.2) is 0 Å². The van der Waals surface area contributed by atoms with Gasteiger partial charge in [-0.2, -0.15) is 0 Å². The Bertz CT molecular complexity index is 134. The molecule has 0 aromatic rings. The van der Waals surface area contributed by atoms with E-state index in [1.54, 1.807) is 0 Å². The summed E-state index contributed by atoms with van der Waals surface area (Å²) in [6, 6.07) is 0. The Hall–Kier alpha value is -0.300. The molecule has 0 aromatic carbocycles. The summed E-state index contributed by atoms with van der Waals surface area (Å²) >= 11 is 0. The van der Waals surface area contributed by atoms with Crippen LogP contribution >= 0.6 is 0 Å². The van der Waals surface area contributed by atoms with Gasteiger partial charge in [0.25, 0.3) is 0 Å². The van der Waals surface area contributed by atoms with Gasteiger partial charge in [-0.3, -0.25) is 0 Å². The van der Waals surface area contributed by atoms with Gasteiger partial charge >= 0.3 is 0 Å². The average Bonchev–Trinajstić information content (AvgIpc) is 1.77. The molecule has 0 saturated heterocycles. The quantitative estimate of drug-likeness (QED) is 0.595. The van der Waals surface area contributed by atoms with E-state index in [0.29, 0.717) is 12.0 Å². The summed E-state index contributed by atoms with van der Waals surface area (Å²) in [4.78, 5) is 0. The summed E-state index contributed by atoms with van der Waals surface area (Å²) < 4.78 is 0. The predicted octanol–water partition coefficient (Wildman–Crippen LogP) is 2.12. The van der Waals surface area contributed by atoms with Gasteiger partial charge in [-0.15, -0.1) is 0 Å². The Labute approximate surface area is 62.8 Å². The minimum Gasteiger partial charge on any atom is -0.396 e. The molecule has 0 radical (unpaired) electrons. The van der Waals surface area contributed by atoms with Crippen LogP contribution in [0.1, 0.15) is 32.6 Å². The first-order valence-electron chi connectivity index (χ1n) is 3.98. The highest BCUT2D eigenvalue weighted by Crippen LogP contribution is 2.48. The van der Waals surface area contributed by atoms with Gasteiger partial charge in [0, 0.05) is 6.61 Å². The van der Waals surface area contributed by atoms with E-state index in [0.717, 1.165) is 6.42 Å². The van der Waals surface area contributed by atoms with Crippen LogP contribution in [-0.2, 0) is 0 Å². The third-order valence-electron chi connectivity index (χ3n) is 2.81. The molecule has 10 heavy (non-hydrogen) atoms. The molecule has 1 saturated carbocycles. The first-order valence-corrected chi connectivity index (χ1v) is 3.98. The van der Waals surface area contributed by atoms with Gasteiger partial charge < -0.3 is 5.11 Å². The van der Waals surface area contributed by atoms with Gasteiger partial charge in [0.05, 0.1) is 0 Å². The summed E-state index contributed by atoms with van der Waals surface area (Å²) in [6.07, 6.45) is 4.71. The van der Waals surface area contributed by atoms with Crippen LogP contribution in [0.5, 0.6) is 0 Å². The van der Waals surface area contributed by atoms with Crippen LogP contribution in [-0.4, -0.2) is 11.7 Å². The summed E-state index contributed by atoms with van der Waals surface area (Å²) in [5.74, 6) is 0. The second-order valence-electron chi connectivity index (χ2n) is 3.39. The molecule has 0 aliphatic heterocycles. The highest BCUT2D eigenvalue weighted by molar-refractivity contribution is 5.11. The minimum atomic E-state index is 0.312. The molecule has 1 fully saturated rings. The van der Waals surface area contributed by atoms with Gasteiger partial charge in [-0.05, 0) is 31.6 Å². The van der Waals surface area contributed by atoms with E-state index in [4.69, 9.17) is 5.11 Å². The molecule has 58 valence electrons. The molecule has 0 atom stereocenters. The highest BCUT2D eigenvalue weighted by Gasteiger charge is 2.36. The lowest BCUT2D eigenvalue weighted by molar-refractivity contribution is 0.127. The van der Waals surface area contributed by atoms with E-state index in [1.807, 2.05) is 0 Å². The fraction of sp³-hybridized carbons (Fsp3) is 0.778. The third kappa shape index (κ3) is 1.10. The van der Waals surface area contributed by atoms with E-state index in [9.17, 15) is 0 Å². The number of aliphatic hydroxyl groups is 1. The minimum absolute atomic E-state index is 0.312. The molecular weight excluding hydrogens is 124 g/mol. The number of hydrogen-bond acceptors (Lipinski definition) is 1. The van der Waals surface area contributed by atoms with Crippen molar-refractivity contribution in [1.82, 2.24) is 0 Å². The van der Waals surface area contributed by atoms with Crippen molar-refractivity contribution in [3.05, 3.63) is 12.2 Å². The molecule has 1 heteroatoms. The summed E-state index contributed by atoms with van der Waals surface area (Å²) in [7, 11) is 0. The zero-order valence-electron chi connectivity index (χ0n) is 6.69. The van der Waals surface area contributed by atoms with Crippen LogP contribution < -0.4 is 0 Å². The Kier molecular flexibility index (Phi) is 2.14. The first-order chi connectivity index (χ1) is 4.71. The van der Waals surface area contributed by atoms with Crippen LogP contribution in [0.4, 0.5) is 0 Å². The molecule has 1 aliphatic rings. The zero-order chi connectivity index (χ0) is 7.61. The van der Waals surface area contributed by atoms with Crippen molar-refractivity contribution in [2.24, 2.45) is 5.41 Å². The van der Waals surface area contributed by atoms with Gasteiger partial charge in [0.1, 0.15) is 0 Å². The monoisotopic (exact) mass is 140 g/mol. The highest BCUT2D eigenvalue weighted by atomic mass is 16.3. The third-order valence-corrected chi connectivity index (χ3v) is 2.81. The number of rotatable bonds is 3. The molecule has 1 rings (SSSR count). The average molecular weight is 140 g/mol. The van der Waals surface area contributed by atoms with Crippen molar-refractivity contribution in [2.75, 3.05) is 6.61 Å². The smallest absolute Gasteiger partial charge is 0.0439 e. The molecule has 1 aliphatic carbocycles. The van der Waals surface area contributed by atoms with Crippen LogP contribution in [0.2, 0.25) is 0 Å². The Balaban J connectivity index is 2.50. The standard InChI is InChI=1S/C9H16O/c1-8(2)9(6-7-10)4-3-5-9/h10H,1,3-7H2,2H3. The fourth-order valence-corrected chi connectivity index (χ4v) is 1.71. The lowest BCUT2D eigenvalue weighted by Gasteiger charge is -2.42. The molecule has 0 bridgehead atoms. The summed E-state index contributed by atoms with van der Waals surface area (Å²) in [5.41, 5.74) is 1.59. The first kappa shape index (κ1) is 7.80. The largest absolute Gasteiger partial charge is 0.396 e. The Morgan fingerprint density at radius 2 is 2.20 bits per heavy atom. The Morgan fingerprint density at radius 1 is 1.60 bits per heavy atom. The van der Waals surface area contributed by atoms with Gasteiger partial charge in [0.2, 0.25) is 0 Å². The predicted molar refractivity (Wildman–Crippen MR) is 42.8 cm³/mol. The van der Waals surface area contributed by atoms with Crippen molar-refractivity contribution >= 4 is 0 Å². The molecule has 0 amide bonds. The molecule has 1 N–H and O–H groups in total. The number of aliphatic hydroxyl groups excluding tert-OH is 1. The molecule has 0 unspecified atom stereocenters. The normalized spacial score (nSPS) is 21.8. The lowest BCUT2D eigenvalue weighted by Crippen LogP contribution is -2.31. The molecule has 0 aromatic heterocycles. The fourth-order valence-electron chi connectivity index (χ4n) is 1.71. The molecule has 0 spiro atoms. The van der Waals surface area contributed by atoms with Crippen LogP contribution in [0.25, 0.3) is 0 Å². The van der Waals surface area contributed by atoms with E-state index in [2.05, 4.69) is 13.5 Å². The SMILES string of the molecule is C=C(C)C1(CCO)CCC1. The van der Waals surface area contributed by atoms with E-state index in [-0.39, 0.29) is 0 Å². The summed E-state index contributed by atoms with van der Waals surface area (Å²) in [5, 5.41) is 8.77.